The molecule has 4 heteroatoms. The van der Waals surface area contributed by atoms with Crippen molar-refractivity contribution in [3.05, 3.63) is 59.3 Å². The zero-order valence-electron chi connectivity index (χ0n) is 9.56. The molecule has 0 saturated heterocycles. The summed E-state index contributed by atoms with van der Waals surface area (Å²) in [5.41, 5.74) is 1.08. The monoisotopic (exact) mass is 258 g/mol. The smallest absolute Gasteiger partial charge is 0.123 e. The third-order valence-electron chi connectivity index (χ3n) is 2.67. The quantitative estimate of drug-likeness (QED) is 0.755. The largest absolute Gasteiger partial charge is 0.348 e. The topological polar surface area (TPSA) is 28.7 Å². The summed E-state index contributed by atoms with van der Waals surface area (Å²) in [7, 11) is 0. The molecule has 3 rings (SSSR count). The predicted octanol–water partition coefficient (Wildman–Crippen LogP) is 4.02. The molecular formula is C14H11FN2S. The minimum absolute atomic E-state index is 0.187. The Kier molecular flexibility index (Phi) is 2.94. The molecule has 0 atom stereocenters. The molecular weight excluding hydrogens is 247 g/mol. The second-order valence-corrected chi connectivity index (χ2v) is 5.13. The van der Waals surface area contributed by atoms with Crippen molar-refractivity contribution >= 4 is 27.5 Å². The molecule has 18 heavy (non-hydrogen) atoms. The summed E-state index contributed by atoms with van der Waals surface area (Å²) in [6.07, 6.45) is 8.44. The molecule has 90 valence electrons. The van der Waals surface area contributed by atoms with Crippen molar-refractivity contribution in [2.45, 2.75) is 6.42 Å². The van der Waals surface area contributed by atoms with E-state index in [1.54, 1.807) is 23.7 Å². The fourth-order valence-corrected chi connectivity index (χ4v) is 2.79. The van der Waals surface area contributed by atoms with Gasteiger partial charge in [0.15, 0.2) is 0 Å². The molecule has 2 nitrogen and oxygen atoms in total. The Morgan fingerprint density at radius 3 is 3.11 bits per heavy atom. The van der Waals surface area contributed by atoms with Crippen LogP contribution in [0.1, 0.15) is 10.6 Å². The molecule has 2 aromatic heterocycles. The highest BCUT2D eigenvalue weighted by atomic mass is 32.1. The Morgan fingerprint density at radius 2 is 2.28 bits per heavy atom. The van der Waals surface area contributed by atoms with E-state index in [4.69, 9.17) is 0 Å². The van der Waals surface area contributed by atoms with Gasteiger partial charge in [0.2, 0.25) is 0 Å². The van der Waals surface area contributed by atoms with Gasteiger partial charge in [-0.15, -0.1) is 11.3 Å². The molecule has 0 saturated carbocycles. The van der Waals surface area contributed by atoms with Crippen LogP contribution in [-0.2, 0) is 6.42 Å². The summed E-state index contributed by atoms with van der Waals surface area (Å²) >= 11 is 1.66. The van der Waals surface area contributed by atoms with E-state index in [0.717, 1.165) is 27.1 Å². The average molecular weight is 258 g/mol. The van der Waals surface area contributed by atoms with Gasteiger partial charge in [-0.25, -0.2) is 9.37 Å². The second-order valence-electron chi connectivity index (χ2n) is 4.01. The first-order chi connectivity index (χ1) is 8.81. The minimum atomic E-state index is -0.187. The molecule has 0 spiro atoms. The first-order valence-electron chi connectivity index (χ1n) is 5.64. The van der Waals surface area contributed by atoms with Gasteiger partial charge in [0.1, 0.15) is 5.82 Å². The van der Waals surface area contributed by atoms with Crippen LogP contribution >= 0.6 is 11.3 Å². The Labute approximate surface area is 108 Å². The zero-order chi connectivity index (χ0) is 12.4. The number of aromatic amines is 1. The molecule has 0 fully saturated rings. The second kappa shape index (κ2) is 4.74. The maximum absolute atomic E-state index is 13.1. The Morgan fingerprint density at radius 1 is 1.33 bits per heavy atom. The van der Waals surface area contributed by atoms with Gasteiger partial charge in [0.25, 0.3) is 0 Å². The van der Waals surface area contributed by atoms with Crippen LogP contribution in [0.4, 0.5) is 4.39 Å². The lowest BCUT2D eigenvalue weighted by molar-refractivity contribution is 0.630. The summed E-state index contributed by atoms with van der Waals surface area (Å²) < 4.78 is 14.2. The number of imidazole rings is 1. The van der Waals surface area contributed by atoms with Crippen molar-refractivity contribution in [1.29, 1.82) is 0 Å². The van der Waals surface area contributed by atoms with Crippen molar-refractivity contribution in [2.75, 3.05) is 0 Å². The normalized spacial score (nSPS) is 11.6. The lowest BCUT2D eigenvalue weighted by atomic mass is 10.2. The zero-order valence-corrected chi connectivity index (χ0v) is 10.4. The van der Waals surface area contributed by atoms with E-state index < -0.39 is 0 Å². The van der Waals surface area contributed by atoms with Crippen molar-refractivity contribution in [3.8, 4) is 0 Å². The summed E-state index contributed by atoms with van der Waals surface area (Å²) in [6.45, 7) is 0. The fraction of sp³-hybridized carbons (Fsp3) is 0.0714. The minimum Gasteiger partial charge on any atom is -0.348 e. The van der Waals surface area contributed by atoms with Crippen molar-refractivity contribution in [3.63, 3.8) is 0 Å². The van der Waals surface area contributed by atoms with Crippen LogP contribution < -0.4 is 0 Å². The van der Waals surface area contributed by atoms with E-state index in [1.165, 1.54) is 6.07 Å². The molecule has 1 aromatic carbocycles. The summed E-state index contributed by atoms with van der Waals surface area (Å²) in [5.74, 6) is -0.187. The van der Waals surface area contributed by atoms with Gasteiger partial charge >= 0.3 is 0 Å². The number of hydrogen-bond donors (Lipinski definition) is 1. The highest BCUT2D eigenvalue weighted by Gasteiger charge is 2.00. The number of halogens is 1. The van der Waals surface area contributed by atoms with Gasteiger partial charge in [0.05, 0.1) is 6.33 Å². The van der Waals surface area contributed by atoms with Crippen molar-refractivity contribution < 1.29 is 4.39 Å². The number of H-pyrrole nitrogens is 1. The molecule has 0 aliphatic rings. The van der Waals surface area contributed by atoms with Gasteiger partial charge in [-0.3, -0.25) is 0 Å². The Balaban J connectivity index is 1.80. The van der Waals surface area contributed by atoms with Crippen LogP contribution in [0.2, 0.25) is 0 Å². The molecule has 0 radical (unpaired) electrons. The molecule has 0 aliphatic heterocycles. The molecule has 1 N–H and O–H groups in total. The van der Waals surface area contributed by atoms with Crippen molar-refractivity contribution in [2.24, 2.45) is 0 Å². The Bertz CT molecular complexity index is 683. The molecule has 3 aromatic rings. The first kappa shape index (κ1) is 11.2. The highest BCUT2D eigenvalue weighted by Crippen LogP contribution is 2.27. The van der Waals surface area contributed by atoms with E-state index in [2.05, 4.69) is 22.1 Å². The number of nitrogens with zero attached hydrogens (tertiary/aromatic N) is 1. The van der Waals surface area contributed by atoms with Crippen LogP contribution in [0, 0.1) is 5.82 Å². The van der Waals surface area contributed by atoms with Gasteiger partial charge in [-0.05, 0) is 35.7 Å². The SMILES string of the molecule is Fc1ccc2sc(C=CCc3cnc[nH]3)cc2c1. The lowest BCUT2D eigenvalue weighted by Crippen LogP contribution is -1.77. The van der Waals surface area contributed by atoms with Crippen LogP contribution in [0.5, 0.6) is 0 Å². The number of thiophene rings is 1. The van der Waals surface area contributed by atoms with Gasteiger partial charge in [0, 0.05) is 27.9 Å². The summed E-state index contributed by atoms with van der Waals surface area (Å²) in [5, 5.41) is 0.959. The van der Waals surface area contributed by atoms with E-state index >= 15 is 0 Å². The summed E-state index contributed by atoms with van der Waals surface area (Å²) in [6, 6.07) is 6.89. The predicted molar refractivity (Wildman–Crippen MR) is 73.1 cm³/mol. The van der Waals surface area contributed by atoms with Crippen LogP contribution in [0.15, 0.2) is 42.9 Å². The van der Waals surface area contributed by atoms with Crippen LogP contribution in [-0.4, -0.2) is 9.97 Å². The number of benzene rings is 1. The van der Waals surface area contributed by atoms with Crippen LogP contribution in [0.25, 0.3) is 16.2 Å². The number of nitrogens with one attached hydrogen (secondary N) is 1. The number of aromatic nitrogens is 2. The van der Waals surface area contributed by atoms with Crippen LogP contribution in [0.3, 0.4) is 0 Å². The molecule has 0 amide bonds. The van der Waals surface area contributed by atoms with Gasteiger partial charge in [-0.2, -0.15) is 0 Å². The molecule has 0 unspecified atom stereocenters. The van der Waals surface area contributed by atoms with E-state index in [1.807, 2.05) is 18.3 Å². The summed E-state index contributed by atoms with van der Waals surface area (Å²) in [4.78, 5) is 8.15. The number of allylic oxidation sites excluding steroid dienone is 1. The standard InChI is InChI=1S/C14H11FN2S/c15-11-4-5-14-10(6-11)7-13(18-14)3-1-2-12-8-16-9-17-12/h1,3-9H,2H2,(H,16,17). The van der Waals surface area contributed by atoms with Gasteiger partial charge < -0.3 is 4.98 Å². The van der Waals surface area contributed by atoms with E-state index in [0.29, 0.717) is 0 Å². The first-order valence-corrected chi connectivity index (χ1v) is 6.46. The number of hydrogen-bond acceptors (Lipinski definition) is 2. The van der Waals surface area contributed by atoms with Gasteiger partial charge in [-0.1, -0.05) is 6.08 Å². The van der Waals surface area contributed by atoms with E-state index in [-0.39, 0.29) is 5.82 Å². The average Bonchev–Trinajstić information content (AvgIpc) is 2.97. The lowest BCUT2D eigenvalue weighted by Gasteiger charge is -1.87. The third-order valence-corrected chi connectivity index (χ3v) is 3.75. The molecule has 2 heterocycles. The highest BCUT2D eigenvalue weighted by molar-refractivity contribution is 7.19. The maximum atomic E-state index is 13.1. The van der Waals surface area contributed by atoms with E-state index in [9.17, 15) is 4.39 Å². The number of rotatable bonds is 3. The van der Waals surface area contributed by atoms with Crippen molar-refractivity contribution in [1.82, 2.24) is 9.97 Å². The third kappa shape index (κ3) is 2.33. The fourth-order valence-electron chi connectivity index (χ4n) is 1.82. The molecule has 0 aliphatic carbocycles. The number of fused-ring (bicyclic) bond motifs is 1. The maximum Gasteiger partial charge on any atom is 0.123 e. The Hall–Kier alpha value is -1.94. The molecule has 0 bridgehead atoms.